The van der Waals surface area contributed by atoms with E-state index in [-0.39, 0.29) is 12.0 Å². The van der Waals surface area contributed by atoms with Crippen LogP contribution in [-0.4, -0.2) is 53.2 Å². The normalized spacial score (nSPS) is 20.6. The zero-order valence-corrected chi connectivity index (χ0v) is 12.2. The van der Waals surface area contributed by atoms with E-state index in [1.165, 1.54) is 24.2 Å². The Labute approximate surface area is 122 Å². The van der Waals surface area contributed by atoms with Crippen molar-refractivity contribution in [3.05, 3.63) is 4.88 Å². The number of carbonyl (C=O) groups excluding carboxylic acids is 1. The first-order valence-electron chi connectivity index (χ1n) is 7.14. The Bertz CT molecular complexity index is 491. The molecule has 2 saturated heterocycles. The van der Waals surface area contributed by atoms with Gasteiger partial charge in [-0.3, -0.25) is 4.79 Å². The molecule has 0 atom stereocenters. The Morgan fingerprint density at radius 1 is 1.25 bits per heavy atom. The van der Waals surface area contributed by atoms with Crippen LogP contribution >= 0.6 is 11.3 Å². The summed E-state index contributed by atoms with van der Waals surface area (Å²) in [5, 5.41) is 10.4. The molecule has 6 nitrogen and oxygen atoms in total. The van der Waals surface area contributed by atoms with Gasteiger partial charge in [-0.05, 0) is 25.7 Å². The van der Waals surface area contributed by atoms with Gasteiger partial charge in [-0.1, -0.05) is 11.3 Å². The second-order valence-corrected chi connectivity index (χ2v) is 6.41. The van der Waals surface area contributed by atoms with Crippen LogP contribution in [0.4, 0.5) is 10.9 Å². The fraction of sp³-hybridized carbons (Fsp3) is 0.692. The molecule has 0 spiro atoms. The maximum absolute atomic E-state index is 12.5. The van der Waals surface area contributed by atoms with Crippen LogP contribution in [0.3, 0.4) is 0 Å². The first-order chi connectivity index (χ1) is 9.65. The number of carbonyl (C=O) groups is 1. The number of nitrogens with zero attached hydrogens (tertiary/aromatic N) is 3. The van der Waals surface area contributed by atoms with Gasteiger partial charge >= 0.3 is 0 Å². The lowest BCUT2D eigenvalue weighted by molar-refractivity contribution is 0.0551. The molecule has 3 heterocycles. The van der Waals surface area contributed by atoms with Crippen LogP contribution in [-0.2, 0) is 0 Å². The summed E-state index contributed by atoms with van der Waals surface area (Å²) in [6, 6.07) is 0. The number of anilines is 2. The zero-order chi connectivity index (χ0) is 14.1. The summed E-state index contributed by atoms with van der Waals surface area (Å²) < 4.78 is 0. The molecule has 2 aliphatic heterocycles. The van der Waals surface area contributed by atoms with Crippen LogP contribution in [0.15, 0.2) is 0 Å². The van der Waals surface area contributed by atoms with Crippen LogP contribution in [0.5, 0.6) is 0 Å². The summed E-state index contributed by atoms with van der Waals surface area (Å²) in [6.45, 7) is 3.18. The number of hydrogen-bond donors (Lipinski definition) is 2. The fourth-order valence-corrected chi connectivity index (χ4v) is 3.73. The quantitative estimate of drug-likeness (QED) is 0.848. The third kappa shape index (κ3) is 2.60. The average molecular weight is 296 g/mol. The van der Waals surface area contributed by atoms with E-state index in [1.54, 1.807) is 4.90 Å². The molecule has 0 bridgehead atoms. The maximum atomic E-state index is 12.5. The van der Waals surface area contributed by atoms with Crippen molar-refractivity contribution >= 4 is 28.2 Å². The highest BCUT2D eigenvalue weighted by atomic mass is 32.1. The third-order valence-electron chi connectivity index (χ3n) is 3.96. The molecule has 20 heavy (non-hydrogen) atoms. The minimum atomic E-state index is -0.280. The summed E-state index contributed by atoms with van der Waals surface area (Å²) in [5.41, 5.74) is 5.92. The van der Waals surface area contributed by atoms with E-state index in [4.69, 9.17) is 5.73 Å². The van der Waals surface area contributed by atoms with Crippen molar-refractivity contribution in [3.8, 4) is 0 Å². The number of hydrogen-bond acceptors (Lipinski definition) is 6. The largest absolute Gasteiger partial charge is 0.393 e. The first kappa shape index (κ1) is 13.6. The van der Waals surface area contributed by atoms with Gasteiger partial charge in [0.1, 0.15) is 10.7 Å². The molecule has 7 heteroatoms. The van der Waals surface area contributed by atoms with E-state index in [0.29, 0.717) is 36.6 Å². The lowest BCUT2D eigenvalue weighted by atomic mass is 10.1. The van der Waals surface area contributed by atoms with Crippen LogP contribution in [0.25, 0.3) is 0 Å². The Morgan fingerprint density at radius 2 is 1.90 bits per heavy atom. The Kier molecular flexibility index (Phi) is 3.80. The Balaban J connectivity index is 1.74. The van der Waals surface area contributed by atoms with Gasteiger partial charge in [-0.2, -0.15) is 0 Å². The van der Waals surface area contributed by atoms with E-state index in [9.17, 15) is 9.90 Å². The van der Waals surface area contributed by atoms with Gasteiger partial charge in [0.05, 0.1) is 6.10 Å². The Hall–Kier alpha value is -1.34. The number of aliphatic hydroxyl groups is 1. The summed E-state index contributed by atoms with van der Waals surface area (Å²) >= 11 is 1.40. The molecule has 2 fully saturated rings. The molecule has 3 rings (SSSR count). The van der Waals surface area contributed by atoms with E-state index >= 15 is 0 Å². The van der Waals surface area contributed by atoms with Crippen molar-refractivity contribution in [3.63, 3.8) is 0 Å². The minimum absolute atomic E-state index is 0.0441. The van der Waals surface area contributed by atoms with Gasteiger partial charge in [0, 0.05) is 26.2 Å². The number of aliphatic hydroxyl groups excluding tert-OH is 1. The number of nitrogens with two attached hydrogens (primary N) is 1. The van der Waals surface area contributed by atoms with E-state index in [0.717, 1.165) is 18.2 Å². The molecular formula is C13H20N4O2S. The number of aromatic nitrogens is 1. The average Bonchev–Trinajstić information content (AvgIpc) is 3.08. The van der Waals surface area contributed by atoms with Crippen molar-refractivity contribution in [1.82, 2.24) is 9.88 Å². The Morgan fingerprint density at radius 3 is 2.55 bits per heavy atom. The number of thiazole rings is 1. The molecule has 0 radical (unpaired) electrons. The highest BCUT2D eigenvalue weighted by Gasteiger charge is 2.27. The molecule has 3 N–H and O–H groups in total. The molecule has 1 amide bonds. The van der Waals surface area contributed by atoms with E-state index in [1.807, 2.05) is 0 Å². The van der Waals surface area contributed by atoms with Gasteiger partial charge in [0.15, 0.2) is 5.13 Å². The van der Waals surface area contributed by atoms with Gasteiger partial charge in [-0.15, -0.1) is 0 Å². The molecule has 1 aromatic heterocycles. The van der Waals surface area contributed by atoms with Gasteiger partial charge in [-0.25, -0.2) is 4.98 Å². The molecular weight excluding hydrogens is 276 g/mol. The summed E-state index contributed by atoms with van der Waals surface area (Å²) in [4.78, 5) is 21.3. The van der Waals surface area contributed by atoms with Crippen molar-refractivity contribution in [2.75, 3.05) is 36.8 Å². The van der Waals surface area contributed by atoms with Crippen molar-refractivity contribution in [1.29, 1.82) is 0 Å². The van der Waals surface area contributed by atoms with E-state index in [2.05, 4.69) is 9.88 Å². The predicted molar refractivity (Wildman–Crippen MR) is 79.1 cm³/mol. The first-order valence-corrected chi connectivity index (χ1v) is 7.95. The molecule has 0 aromatic carbocycles. The smallest absolute Gasteiger partial charge is 0.267 e. The highest BCUT2D eigenvalue weighted by Crippen LogP contribution is 2.31. The van der Waals surface area contributed by atoms with Crippen molar-refractivity contribution in [2.24, 2.45) is 0 Å². The van der Waals surface area contributed by atoms with Crippen LogP contribution in [0.1, 0.15) is 35.4 Å². The number of likely N-dealkylation sites (tertiary alicyclic amines) is 1. The summed E-state index contributed by atoms with van der Waals surface area (Å²) in [7, 11) is 0. The number of amides is 1. The van der Waals surface area contributed by atoms with Crippen molar-refractivity contribution < 1.29 is 9.90 Å². The summed E-state index contributed by atoms with van der Waals surface area (Å²) in [6.07, 6.45) is 3.35. The lowest BCUT2D eigenvalue weighted by Crippen LogP contribution is -2.40. The topological polar surface area (TPSA) is 82.7 Å². The second kappa shape index (κ2) is 5.57. The van der Waals surface area contributed by atoms with Gasteiger partial charge < -0.3 is 20.6 Å². The second-order valence-electron chi connectivity index (χ2n) is 5.43. The van der Waals surface area contributed by atoms with E-state index < -0.39 is 0 Å². The lowest BCUT2D eigenvalue weighted by Gasteiger charge is -2.29. The minimum Gasteiger partial charge on any atom is -0.393 e. The maximum Gasteiger partial charge on any atom is 0.267 e. The van der Waals surface area contributed by atoms with Crippen molar-refractivity contribution in [2.45, 2.75) is 31.8 Å². The van der Waals surface area contributed by atoms with Crippen LogP contribution < -0.4 is 10.6 Å². The number of piperidine rings is 1. The highest BCUT2D eigenvalue weighted by molar-refractivity contribution is 7.18. The predicted octanol–water partition coefficient (Wildman–Crippen LogP) is 0.922. The standard InChI is InChI=1S/C13H20N4O2S/c14-11-10(12(19)16-7-3-9(18)4-8-16)20-13(15-11)17-5-1-2-6-17/h9,18H,1-8,14H2. The van der Waals surface area contributed by atoms with Crippen LogP contribution in [0.2, 0.25) is 0 Å². The zero-order valence-electron chi connectivity index (χ0n) is 11.4. The molecule has 1 aromatic rings. The van der Waals surface area contributed by atoms with Gasteiger partial charge in [0.25, 0.3) is 5.91 Å². The molecule has 0 unspecified atom stereocenters. The third-order valence-corrected chi connectivity index (χ3v) is 5.08. The summed E-state index contributed by atoms with van der Waals surface area (Å²) in [5.74, 6) is 0.297. The van der Waals surface area contributed by atoms with Crippen LogP contribution in [0, 0.1) is 0 Å². The molecule has 0 aliphatic carbocycles. The fourth-order valence-electron chi connectivity index (χ4n) is 2.73. The molecule has 110 valence electrons. The monoisotopic (exact) mass is 296 g/mol. The van der Waals surface area contributed by atoms with Gasteiger partial charge in [0.2, 0.25) is 0 Å². The number of rotatable bonds is 2. The number of nitrogen functional groups attached to an aromatic ring is 1. The SMILES string of the molecule is Nc1nc(N2CCCC2)sc1C(=O)N1CCC(O)CC1. The molecule has 2 aliphatic rings. The molecule has 0 saturated carbocycles.